The fourth-order valence-electron chi connectivity index (χ4n) is 2.13. The zero-order valence-electron chi connectivity index (χ0n) is 9.66. The smallest absolute Gasteiger partial charge is 0.325 e. The van der Waals surface area contributed by atoms with Gasteiger partial charge in [0, 0.05) is 5.75 Å². The summed E-state index contributed by atoms with van der Waals surface area (Å²) in [6.45, 7) is 5.96. The van der Waals surface area contributed by atoms with E-state index in [1.54, 1.807) is 11.8 Å². The molecule has 1 unspecified atom stereocenters. The highest BCUT2D eigenvalue weighted by Crippen LogP contribution is 2.33. The summed E-state index contributed by atoms with van der Waals surface area (Å²) < 4.78 is 0. The Morgan fingerprint density at radius 2 is 2.27 bits per heavy atom. The molecule has 1 saturated heterocycles. The van der Waals surface area contributed by atoms with Crippen molar-refractivity contribution in [2.24, 2.45) is 0 Å². The normalized spacial score (nSPS) is 26.1. The summed E-state index contributed by atoms with van der Waals surface area (Å²) in [6.07, 6.45) is 3.01. The summed E-state index contributed by atoms with van der Waals surface area (Å²) in [5.74, 6) is 1.10. The van der Waals surface area contributed by atoms with Gasteiger partial charge in [-0.2, -0.15) is 11.8 Å². The molecule has 0 spiro atoms. The van der Waals surface area contributed by atoms with E-state index >= 15 is 0 Å². The first-order valence-corrected chi connectivity index (χ1v) is 6.89. The summed E-state index contributed by atoms with van der Waals surface area (Å²) in [5.41, 5.74) is -0.575. The molecule has 1 rings (SSSR count). The number of unbranched alkanes of at least 4 members (excludes halogenated alkanes) is 1. The highest BCUT2D eigenvalue weighted by atomic mass is 32.2. The molecule has 0 radical (unpaired) electrons. The Morgan fingerprint density at radius 3 is 2.67 bits per heavy atom. The van der Waals surface area contributed by atoms with Crippen LogP contribution >= 0.6 is 11.8 Å². The van der Waals surface area contributed by atoms with Crippen LogP contribution in [0.5, 0.6) is 0 Å². The van der Waals surface area contributed by atoms with Gasteiger partial charge in [-0.15, -0.1) is 0 Å². The topological polar surface area (TPSA) is 40.5 Å². The molecular formula is C11H21NO2S. The highest BCUT2D eigenvalue weighted by molar-refractivity contribution is 7.99. The van der Waals surface area contributed by atoms with Gasteiger partial charge < -0.3 is 5.11 Å². The van der Waals surface area contributed by atoms with Gasteiger partial charge in [-0.3, -0.25) is 9.69 Å². The van der Waals surface area contributed by atoms with Crippen LogP contribution in [0.2, 0.25) is 0 Å². The summed E-state index contributed by atoms with van der Waals surface area (Å²) in [4.78, 5) is 13.6. The fourth-order valence-corrected chi connectivity index (χ4v) is 3.55. The summed E-state index contributed by atoms with van der Waals surface area (Å²) in [7, 11) is 0. The van der Waals surface area contributed by atoms with Crippen LogP contribution in [-0.4, -0.2) is 46.1 Å². The molecule has 1 aliphatic heterocycles. The molecule has 1 aliphatic rings. The average molecular weight is 231 g/mol. The Hall–Kier alpha value is -0.220. The molecule has 0 aromatic carbocycles. The number of hydrogen-bond acceptors (Lipinski definition) is 3. The third-order valence-corrected chi connectivity index (χ3v) is 4.34. The first-order chi connectivity index (χ1) is 7.17. The van der Waals surface area contributed by atoms with Crippen molar-refractivity contribution in [2.75, 3.05) is 24.6 Å². The molecule has 0 bridgehead atoms. The van der Waals surface area contributed by atoms with Gasteiger partial charge in [-0.1, -0.05) is 20.3 Å². The van der Waals surface area contributed by atoms with Gasteiger partial charge in [0.2, 0.25) is 0 Å². The number of aliphatic carboxylic acids is 1. The monoisotopic (exact) mass is 231 g/mol. The lowest BCUT2D eigenvalue weighted by molar-refractivity contribution is -0.150. The van der Waals surface area contributed by atoms with Gasteiger partial charge in [0.1, 0.15) is 5.54 Å². The molecule has 1 fully saturated rings. The van der Waals surface area contributed by atoms with Crippen LogP contribution < -0.4 is 0 Å². The number of likely N-dealkylation sites (N-methyl/N-ethyl adjacent to an activating group) is 1. The number of carboxylic acid groups (broad SMARTS) is 1. The van der Waals surface area contributed by atoms with Crippen LogP contribution in [0.15, 0.2) is 0 Å². The van der Waals surface area contributed by atoms with Gasteiger partial charge in [-0.25, -0.2) is 0 Å². The lowest BCUT2D eigenvalue weighted by Crippen LogP contribution is -2.55. The minimum absolute atomic E-state index is 0.575. The second-order valence-corrected chi connectivity index (χ2v) is 5.18. The molecule has 0 aromatic heterocycles. The molecule has 3 nitrogen and oxygen atoms in total. The van der Waals surface area contributed by atoms with E-state index in [2.05, 4.69) is 18.7 Å². The Balaban J connectivity index is 2.71. The molecule has 1 N–H and O–H groups in total. The van der Waals surface area contributed by atoms with Crippen molar-refractivity contribution in [3.63, 3.8) is 0 Å². The number of carbonyl (C=O) groups is 1. The number of carboxylic acids is 1. The average Bonchev–Trinajstić information content (AvgIpc) is 2.69. The standard InChI is InChI=1S/C11H21NO2S/c1-3-5-7-12(4-2)11(10(13)14)6-8-15-9-11/h3-9H2,1-2H3,(H,13,14). The Bertz CT molecular complexity index is 215. The van der Waals surface area contributed by atoms with E-state index in [4.69, 9.17) is 0 Å². The first kappa shape index (κ1) is 12.8. The first-order valence-electron chi connectivity index (χ1n) is 5.73. The van der Waals surface area contributed by atoms with Crippen LogP contribution in [0.1, 0.15) is 33.1 Å². The van der Waals surface area contributed by atoms with Crippen molar-refractivity contribution in [3.05, 3.63) is 0 Å². The molecule has 15 heavy (non-hydrogen) atoms. The molecule has 0 amide bonds. The van der Waals surface area contributed by atoms with Gasteiger partial charge in [0.05, 0.1) is 0 Å². The fraction of sp³-hybridized carbons (Fsp3) is 0.909. The number of hydrogen-bond donors (Lipinski definition) is 1. The number of thioether (sulfide) groups is 1. The second-order valence-electron chi connectivity index (χ2n) is 4.07. The van der Waals surface area contributed by atoms with Crippen LogP contribution in [0.25, 0.3) is 0 Å². The van der Waals surface area contributed by atoms with Crippen molar-refractivity contribution in [3.8, 4) is 0 Å². The Morgan fingerprint density at radius 1 is 1.53 bits per heavy atom. The van der Waals surface area contributed by atoms with Crippen LogP contribution in [-0.2, 0) is 4.79 Å². The van der Waals surface area contributed by atoms with Crippen LogP contribution in [0.3, 0.4) is 0 Å². The maximum Gasteiger partial charge on any atom is 0.325 e. The van der Waals surface area contributed by atoms with Gasteiger partial charge in [0.25, 0.3) is 0 Å². The van der Waals surface area contributed by atoms with E-state index < -0.39 is 11.5 Å². The minimum atomic E-state index is -0.634. The molecule has 4 heteroatoms. The third-order valence-electron chi connectivity index (χ3n) is 3.17. The number of rotatable bonds is 6. The van der Waals surface area contributed by atoms with Crippen molar-refractivity contribution < 1.29 is 9.90 Å². The largest absolute Gasteiger partial charge is 0.480 e. The Kier molecular flexibility index (Phi) is 4.93. The minimum Gasteiger partial charge on any atom is -0.480 e. The molecule has 0 aromatic rings. The predicted molar refractivity (Wildman–Crippen MR) is 64.5 cm³/mol. The predicted octanol–water partition coefficient (Wildman–Crippen LogP) is 2.07. The third kappa shape index (κ3) is 2.67. The maximum atomic E-state index is 11.4. The van der Waals surface area contributed by atoms with E-state index in [0.717, 1.165) is 43.9 Å². The highest BCUT2D eigenvalue weighted by Gasteiger charge is 2.45. The second kappa shape index (κ2) is 5.75. The number of nitrogens with zero attached hydrogens (tertiary/aromatic N) is 1. The van der Waals surface area contributed by atoms with E-state index in [-0.39, 0.29) is 0 Å². The molecule has 0 saturated carbocycles. The molecule has 0 aliphatic carbocycles. The molecule has 88 valence electrons. The zero-order valence-corrected chi connectivity index (χ0v) is 10.5. The summed E-state index contributed by atoms with van der Waals surface area (Å²) in [6, 6.07) is 0. The van der Waals surface area contributed by atoms with Crippen molar-refractivity contribution in [1.82, 2.24) is 4.90 Å². The quantitative estimate of drug-likeness (QED) is 0.759. The summed E-state index contributed by atoms with van der Waals surface area (Å²) >= 11 is 1.76. The van der Waals surface area contributed by atoms with Gasteiger partial charge in [-0.05, 0) is 31.7 Å². The lowest BCUT2D eigenvalue weighted by Gasteiger charge is -2.36. The summed E-state index contributed by atoms with van der Waals surface area (Å²) in [5, 5.41) is 9.41. The van der Waals surface area contributed by atoms with Gasteiger partial charge >= 0.3 is 5.97 Å². The van der Waals surface area contributed by atoms with E-state index in [1.807, 2.05) is 0 Å². The van der Waals surface area contributed by atoms with Crippen LogP contribution in [0.4, 0.5) is 0 Å². The van der Waals surface area contributed by atoms with Crippen molar-refractivity contribution in [2.45, 2.75) is 38.6 Å². The van der Waals surface area contributed by atoms with E-state index in [9.17, 15) is 9.90 Å². The molecule has 1 heterocycles. The molecule has 1 atom stereocenters. The van der Waals surface area contributed by atoms with Crippen LogP contribution in [0, 0.1) is 0 Å². The zero-order chi connectivity index (χ0) is 11.3. The van der Waals surface area contributed by atoms with E-state index in [0.29, 0.717) is 0 Å². The van der Waals surface area contributed by atoms with Crippen molar-refractivity contribution in [1.29, 1.82) is 0 Å². The molecular weight excluding hydrogens is 210 g/mol. The maximum absolute atomic E-state index is 11.4. The van der Waals surface area contributed by atoms with Gasteiger partial charge in [0.15, 0.2) is 0 Å². The lowest BCUT2D eigenvalue weighted by atomic mass is 9.96. The van der Waals surface area contributed by atoms with Crippen molar-refractivity contribution >= 4 is 17.7 Å². The van der Waals surface area contributed by atoms with E-state index in [1.165, 1.54) is 0 Å². The SMILES string of the molecule is CCCCN(CC)C1(C(=O)O)CCSC1. The Labute approximate surface area is 96.2 Å².